The van der Waals surface area contributed by atoms with E-state index in [1.165, 1.54) is 37.7 Å². The quantitative estimate of drug-likeness (QED) is 0.804. The molecule has 2 nitrogen and oxygen atoms in total. The van der Waals surface area contributed by atoms with E-state index < -0.39 is 0 Å². The van der Waals surface area contributed by atoms with Crippen LogP contribution in [0.5, 0.6) is 0 Å². The zero-order valence-corrected chi connectivity index (χ0v) is 9.92. The van der Waals surface area contributed by atoms with Gasteiger partial charge in [-0.1, -0.05) is 19.3 Å². The van der Waals surface area contributed by atoms with Crippen LogP contribution in [0, 0.1) is 0 Å². The van der Waals surface area contributed by atoms with Crippen LogP contribution in [-0.4, -0.2) is 10.1 Å². The summed E-state index contributed by atoms with van der Waals surface area (Å²) >= 11 is 0. The molecule has 1 fully saturated rings. The molecule has 1 N–H and O–H groups in total. The van der Waals surface area contributed by atoms with Crippen LogP contribution in [-0.2, 0) is 13.6 Å². The van der Waals surface area contributed by atoms with Crippen molar-refractivity contribution in [2.75, 3.05) is 0 Å². The van der Waals surface area contributed by atoms with Gasteiger partial charge in [-0.05, 0) is 31.4 Å². The fourth-order valence-electron chi connectivity index (χ4n) is 2.49. The molecular formula is C13H22N2. The van der Waals surface area contributed by atoms with Crippen LogP contribution < -0.4 is 5.32 Å². The second-order valence-electron chi connectivity index (χ2n) is 5.16. The molecule has 1 aromatic rings. The van der Waals surface area contributed by atoms with E-state index in [-0.39, 0.29) is 0 Å². The zero-order chi connectivity index (χ0) is 10.7. The summed E-state index contributed by atoms with van der Waals surface area (Å²) in [5.41, 5.74) is 1.78. The van der Waals surface area contributed by atoms with Gasteiger partial charge in [0.2, 0.25) is 0 Å². The van der Waals surface area contributed by atoms with Gasteiger partial charge in [-0.2, -0.15) is 0 Å². The zero-order valence-electron chi connectivity index (χ0n) is 9.92. The van der Waals surface area contributed by atoms with Crippen LogP contribution in [0.15, 0.2) is 18.5 Å². The summed E-state index contributed by atoms with van der Waals surface area (Å²) in [6.07, 6.45) is 11.2. The Morgan fingerprint density at radius 3 is 2.67 bits per heavy atom. The first-order valence-corrected chi connectivity index (χ1v) is 6.04. The molecule has 1 saturated carbocycles. The molecule has 15 heavy (non-hydrogen) atoms. The summed E-state index contributed by atoms with van der Waals surface area (Å²) in [6.45, 7) is 3.38. The number of hydrogen-bond donors (Lipinski definition) is 1. The van der Waals surface area contributed by atoms with Crippen molar-refractivity contribution in [2.45, 2.75) is 51.1 Å². The molecule has 1 aliphatic carbocycles. The highest BCUT2D eigenvalue weighted by molar-refractivity contribution is 5.10. The second kappa shape index (κ2) is 4.40. The highest BCUT2D eigenvalue weighted by atomic mass is 15.0. The third-order valence-corrected chi connectivity index (χ3v) is 3.57. The maximum Gasteiger partial charge on any atom is 0.0225 e. The van der Waals surface area contributed by atoms with Crippen molar-refractivity contribution in [3.8, 4) is 0 Å². The molecule has 2 rings (SSSR count). The Balaban J connectivity index is 1.86. The average Bonchev–Trinajstić information content (AvgIpc) is 2.63. The van der Waals surface area contributed by atoms with Gasteiger partial charge >= 0.3 is 0 Å². The van der Waals surface area contributed by atoms with Crippen molar-refractivity contribution >= 4 is 0 Å². The minimum absolute atomic E-state index is 0.383. The lowest BCUT2D eigenvalue weighted by atomic mass is 9.83. The van der Waals surface area contributed by atoms with E-state index in [1.807, 2.05) is 0 Å². The Labute approximate surface area is 92.7 Å². The average molecular weight is 206 g/mol. The Bertz CT molecular complexity index is 308. The molecular weight excluding hydrogens is 184 g/mol. The molecule has 84 valence electrons. The maximum atomic E-state index is 3.71. The number of nitrogens with zero attached hydrogens (tertiary/aromatic N) is 1. The van der Waals surface area contributed by atoms with E-state index in [0.717, 1.165) is 6.54 Å². The van der Waals surface area contributed by atoms with Gasteiger partial charge in [-0.3, -0.25) is 0 Å². The van der Waals surface area contributed by atoms with Gasteiger partial charge in [-0.15, -0.1) is 0 Å². The molecule has 0 aliphatic heterocycles. The van der Waals surface area contributed by atoms with Gasteiger partial charge in [0.15, 0.2) is 0 Å². The predicted octanol–water partition coefficient (Wildman–Crippen LogP) is 2.84. The molecule has 2 heteroatoms. The van der Waals surface area contributed by atoms with Crippen molar-refractivity contribution in [2.24, 2.45) is 7.05 Å². The summed E-state index contributed by atoms with van der Waals surface area (Å²) in [6, 6.07) is 2.19. The summed E-state index contributed by atoms with van der Waals surface area (Å²) in [7, 11) is 2.08. The van der Waals surface area contributed by atoms with Gasteiger partial charge in [0.05, 0.1) is 0 Å². The van der Waals surface area contributed by atoms with Crippen LogP contribution in [0.3, 0.4) is 0 Å². The van der Waals surface area contributed by atoms with E-state index in [2.05, 4.69) is 42.3 Å². The highest BCUT2D eigenvalue weighted by Gasteiger charge is 2.25. The SMILES string of the molecule is Cn1ccc(CNC2(C)CCCCC2)c1. The van der Waals surface area contributed by atoms with E-state index in [1.54, 1.807) is 0 Å². The summed E-state index contributed by atoms with van der Waals surface area (Å²) < 4.78 is 2.11. The number of aromatic nitrogens is 1. The van der Waals surface area contributed by atoms with Gasteiger partial charge in [0.1, 0.15) is 0 Å². The number of rotatable bonds is 3. The predicted molar refractivity (Wildman–Crippen MR) is 63.7 cm³/mol. The smallest absolute Gasteiger partial charge is 0.0225 e. The first kappa shape index (κ1) is 10.7. The molecule has 1 heterocycles. The fraction of sp³-hybridized carbons (Fsp3) is 0.692. The lowest BCUT2D eigenvalue weighted by Gasteiger charge is -2.34. The van der Waals surface area contributed by atoms with Crippen LogP contribution in [0.25, 0.3) is 0 Å². The molecule has 0 atom stereocenters. The van der Waals surface area contributed by atoms with Crippen molar-refractivity contribution in [1.82, 2.24) is 9.88 Å². The molecule has 1 aliphatic rings. The lowest BCUT2D eigenvalue weighted by Crippen LogP contribution is -2.43. The summed E-state index contributed by atoms with van der Waals surface area (Å²) in [4.78, 5) is 0. The molecule has 0 amide bonds. The van der Waals surface area contributed by atoms with E-state index in [9.17, 15) is 0 Å². The summed E-state index contributed by atoms with van der Waals surface area (Å²) in [5, 5.41) is 3.71. The minimum atomic E-state index is 0.383. The van der Waals surface area contributed by atoms with Crippen molar-refractivity contribution < 1.29 is 0 Å². The maximum absolute atomic E-state index is 3.71. The fourth-order valence-corrected chi connectivity index (χ4v) is 2.49. The van der Waals surface area contributed by atoms with E-state index in [0.29, 0.717) is 5.54 Å². The van der Waals surface area contributed by atoms with Crippen LogP contribution in [0.4, 0.5) is 0 Å². The Hall–Kier alpha value is -0.760. The molecule has 0 aromatic carbocycles. The minimum Gasteiger partial charge on any atom is -0.357 e. The summed E-state index contributed by atoms with van der Waals surface area (Å²) in [5.74, 6) is 0. The molecule has 0 saturated heterocycles. The van der Waals surface area contributed by atoms with Crippen molar-refractivity contribution in [3.63, 3.8) is 0 Å². The number of aryl methyl sites for hydroxylation is 1. The van der Waals surface area contributed by atoms with Gasteiger partial charge in [-0.25, -0.2) is 0 Å². The van der Waals surface area contributed by atoms with Gasteiger partial charge in [0, 0.05) is 31.5 Å². The van der Waals surface area contributed by atoms with Crippen LogP contribution in [0.2, 0.25) is 0 Å². The normalized spacial score (nSPS) is 20.4. The number of nitrogens with one attached hydrogen (secondary N) is 1. The Morgan fingerprint density at radius 2 is 2.07 bits per heavy atom. The number of hydrogen-bond acceptors (Lipinski definition) is 1. The molecule has 1 aromatic heterocycles. The standard InChI is InChI=1S/C13H22N2/c1-13(7-4-3-5-8-13)14-10-12-6-9-15(2)11-12/h6,9,11,14H,3-5,7-8,10H2,1-2H3. The first-order valence-electron chi connectivity index (χ1n) is 6.04. The van der Waals surface area contributed by atoms with Crippen molar-refractivity contribution in [1.29, 1.82) is 0 Å². The monoisotopic (exact) mass is 206 g/mol. The third-order valence-electron chi connectivity index (χ3n) is 3.57. The first-order chi connectivity index (χ1) is 7.18. The topological polar surface area (TPSA) is 17.0 Å². The van der Waals surface area contributed by atoms with Gasteiger partial charge in [0.25, 0.3) is 0 Å². The van der Waals surface area contributed by atoms with Crippen molar-refractivity contribution in [3.05, 3.63) is 24.0 Å². The molecule has 0 radical (unpaired) electrons. The van der Waals surface area contributed by atoms with Gasteiger partial charge < -0.3 is 9.88 Å². The molecule has 0 bridgehead atoms. The van der Waals surface area contributed by atoms with Crippen LogP contribution >= 0.6 is 0 Å². The molecule has 0 spiro atoms. The van der Waals surface area contributed by atoms with E-state index in [4.69, 9.17) is 0 Å². The van der Waals surface area contributed by atoms with Crippen LogP contribution in [0.1, 0.15) is 44.6 Å². The Kier molecular flexibility index (Phi) is 3.15. The molecule has 0 unspecified atom stereocenters. The second-order valence-corrected chi connectivity index (χ2v) is 5.16. The lowest BCUT2D eigenvalue weighted by molar-refractivity contribution is 0.252. The third kappa shape index (κ3) is 2.85. The highest BCUT2D eigenvalue weighted by Crippen LogP contribution is 2.27. The Morgan fingerprint density at radius 1 is 1.33 bits per heavy atom. The van der Waals surface area contributed by atoms with E-state index >= 15 is 0 Å². The largest absolute Gasteiger partial charge is 0.357 e.